The molecule has 0 aliphatic rings. The third-order valence-corrected chi connectivity index (χ3v) is 4.30. The number of hydrogen-bond acceptors (Lipinski definition) is 7. The van der Waals surface area contributed by atoms with Gasteiger partial charge in [0.25, 0.3) is 0 Å². The third kappa shape index (κ3) is 3.60. The molecule has 0 N–H and O–H groups in total. The minimum absolute atomic E-state index is 0.217. The van der Waals surface area contributed by atoms with Crippen LogP contribution in [0.5, 0.6) is 23.3 Å². The van der Waals surface area contributed by atoms with Gasteiger partial charge in [-0.25, -0.2) is 0 Å². The van der Waals surface area contributed by atoms with Crippen molar-refractivity contribution >= 4 is 32.5 Å². The number of benzene rings is 2. The van der Waals surface area contributed by atoms with E-state index >= 15 is 0 Å². The van der Waals surface area contributed by atoms with E-state index in [0.717, 1.165) is 16.2 Å². The van der Waals surface area contributed by atoms with Crippen LogP contribution in [0.4, 0.5) is 5.69 Å². The molecule has 0 saturated carbocycles. The molecule has 0 fully saturated rings. The van der Waals surface area contributed by atoms with E-state index in [-0.39, 0.29) is 11.8 Å². The lowest BCUT2D eigenvalue weighted by atomic mass is 10.2. The van der Waals surface area contributed by atoms with Crippen molar-refractivity contribution in [3.8, 4) is 23.3 Å². The largest absolute Gasteiger partial charge is 0.433 e. The highest BCUT2D eigenvalue weighted by atomic mass is 79.9. The zero-order valence-electron chi connectivity index (χ0n) is 14.2. The van der Waals surface area contributed by atoms with E-state index in [4.69, 9.17) is 9.47 Å². The minimum Gasteiger partial charge on any atom is -0.433 e. The second kappa shape index (κ2) is 7.57. The summed E-state index contributed by atoms with van der Waals surface area (Å²) in [7, 11) is 0. The van der Waals surface area contributed by atoms with Gasteiger partial charge in [-0.2, -0.15) is 9.97 Å². The number of fused-ring (bicyclic) bond motifs is 1. The Morgan fingerprint density at radius 1 is 0.893 bits per heavy atom. The summed E-state index contributed by atoms with van der Waals surface area (Å²) < 4.78 is 12.2. The first-order valence-corrected chi connectivity index (χ1v) is 8.85. The first-order chi connectivity index (χ1) is 13.6. The number of para-hydroxylation sites is 1. The lowest BCUT2D eigenvalue weighted by Crippen LogP contribution is -2.01. The van der Waals surface area contributed by atoms with Gasteiger partial charge in [-0.3, -0.25) is 15.1 Å². The number of rotatable bonds is 5. The molecule has 2 aromatic carbocycles. The summed E-state index contributed by atoms with van der Waals surface area (Å²) in [5.41, 5.74) is 0.0895. The van der Waals surface area contributed by atoms with E-state index in [2.05, 4.69) is 30.9 Å². The van der Waals surface area contributed by atoms with Gasteiger partial charge in [0.15, 0.2) is 5.75 Å². The van der Waals surface area contributed by atoms with Crippen LogP contribution in [0.3, 0.4) is 0 Å². The van der Waals surface area contributed by atoms with Crippen LogP contribution < -0.4 is 9.47 Å². The molecule has 4 rings (SSSR count). The summed E-state index contributed by atoms with van der Waals surface area (Å²) in [5.74, 6) is 0.285. The summed E-state index contributed by atoms with van der Waals surface area (Å²) in [6.07, 6.45) is 2.76. The van der Waals surface area contributed by atoms with Crippen LogP contribution >= 0.6 is 15.9 Å². The van der Waals surface area contributed by atoms with E-state index in [1.807, 2.05) is 12.1 Å². The van der Waals surface area contributed by atoms with Crippen LogP contribution in [0.1, 0.15) is 0 Å². The second-order valence-corrected chi connectivity index (χ2v) is 6.49. The predicted octanol–water partition coefficient (Wildman–Crippen LogP) is 5.28. The smallest absolute Gasteiger partial charge is 0.393 e. The lowest BCUT2D eigenvalue weighted by molar-refractivity contribution is -0.387. The van der Waals surface area contributed by atoms with Crippen LogP contribution in [-0.4, -0.2) is 19.9 Å². The molecule has 0 spiro atoms. The molecule has 8 nitrogen and oxygen atoms in total. The molecule has 138 valence electrons. The Hall–Kier alpha value is -3.59. The maximum atomic E-state index is 11.7. The van der Waals surface area contributed by atoms with E-state index in [1.165, 1.54) is 0 Å². The van der Waals surface area contributed by atoms with Crippen LogP contribution in [0.2, 0.25) is 0 Å². The van der Waals surface area contributed by atoms with E-state index in [9.17, 15) is 10.1 Å². The van der Waals surface area contributed by atoms with Crippen molar-refractivity contribution < 1.29 is 14.4 Å². The van der Waals surface area contributed by atoms with Gasteiger partial charge >= 0.3 is 17.4 Å². The number of nitro groups is 1. The Kier molecular flexibility index (Phi) is 4.81. The van der Waals surface area contributed by atoms with Crippen molar-refractivity contribution in [3.05, 3.63) is 81.7 Å². The van der Waals surface area contributed by atoms with Gasteiger partial charge in [0.1, 0.15) is 17.6 Å². The number of hydrogen-bond donors (Lipinski definition) is 0. The molecule has 28 heavy (non-hydrogen) atoms. The molecule has 2 aromatic heterocycles. The molecule has 0 amide bonds. The van der Waals surface area contributed by atoms with Crippen molar-refractivity contribution in [2.75, 3.05) is 0 Å². The fourth-order valence-corrected chi connectivity index (χ4v) is 2.79. The number of halogens is 1. The molecule has 0 saturated heterocycles. The second-order valence-electron chi connectivity index (χ2n) is 5.58. The highest BCUT2D eigenvalue weighted by Crippen LogP contribution is 2.38. The highest BCUT2D eigenvalue weighted by molar-refractivity contribution is 9.10. The summed E-state index contributed by atoms with van der Waals surface area (Å²) in [6, 6.07) is 15.8. The van der Waals surface area contributed by atoms with Gasteiger partial charge in [0.05, 0.1) is 4.92 Å². The summed E-state index contributed by atoms with van der Waals surface area (Å²) in [6.45, 7) is 0. The maximum absolute atomic E-state index is 11.7. The summed E-state index contributed by atoms with van der Waals surface area (Å²) in [5, 5.41) is 12.5. The Morgan fingerprint density at radius 2 is 1.61 bits per heavy atom. The summed E-state index contributed by atoms with van der Waals surface area (Å²) in [4.78, 5) is 23.2. The highest BCUT2D eigenvalue weighted by Gasteiger charge is 2.27. The van der Waals surface area contributed by atoms with Crippen molar-refractivity contribution in [3.63, 3.8) is 0 Å². The molecule has 4 aromatic rings. The topological polar surface area (TPSA) is 100 Å². The van der Waals surface area contributed by atoms with E-state index in [1.54, 1.807) is 48.7 Å². The Morgan fingerprint density at radius 3 is 2.36 bits per heavy atom. The maximum Gasteiger partial charge on any atom is 0.393 e. The lowest BCUT2D eigenvalue weighted by Gasteiger charge is -2.10. The minimum atomic E-state index is -0.637. The van der Waals surface area contributed by atoms with Crippen molar-refractivity contribution in [1.82, 2.24) is 15.0 Å². The predicted molar refractivity (Wildman–Crippen MR) is 105 cm³/mol. The normalized spacial score (nSPS) is 10.6. The van der Waals surface area contributed by atoms with Crippen LogP contribution in [-0.2, 0) is 0 Å². The molecule has 0 radical (unpaired) electrons. The number of aromatic nitrogens is 3. The molecule has 0 unspecified atom stereocenters. The SMILES string of the molecule is O=[N+]([O-])c1c(Oc2ccc(Br)cc2)ncnc1Oc1cccc2cccnc12. The van der Waals surface area contributed by atoms with Crippen molar-refractivity contribution in [1.29, 1.82) is 0 Å². The Labute approximate surface area is 167 Å². The van der Waals surface area contributed by atoms with Crippen LogP contribution in [0.25, 0.3) is 10.9 Å². The molecular weight excluding hydrogens is 428 g/mol. The van der Waals surface area contributed by atoms with Gasteiger partial charge in [-0.15, -0.1) is 0 Å². The molecule has 0 aliphatic heterocycles. The monoisotopic (exact) mass is 438 g/mol. The van der Waals surface area contributed by atoms with Gasteiger partial charge in [0, 0.05) is 16.1 Å². The van der Waals surface area contributed by atoms with Crippen molar-refractivity contribution in [2.24, 2.45) is 0 Å². The average molecular weight is 439 g/mol. The van der Waals surface area contributed by atoms with Crippen molar-refractivity contribution in [2.45, 2.75) is 0 Å². The Balaban J connectivity index is 1.74. The quantitative estimate of drug-likeness (QED) is 0.308. The first-order valence-electron chi connectivity index (χ1n) is 8.06. The van der Waals surface area contributed by atoms with Crippen LogP contribution in [0, 0.1) is 10.1 Å². The molecule has 0 bridgehead atoms. The fraction of sp³-hybridized carbons (Fsp3) is 0. The van der Waals surface area contributed by atoms with Gasteiger partial charge < -0.3 is 9.47 Å². The van der Waals surface area contributed by atoms with Gasteiger partial charge in [0.2, 0.25) is 0 Å². The molecular formula is C19H11BrN4O4. The molecule has 2 heterocycles. The number of pyridine rings is 1. The van der Waals surface area contributed by atoms with Gasteiger partial charge in [-0.1, -0.05) is 34.1 Å². The average Bonchev–Trinajstić information content (AvgIpc) is 2.70. The molecule has 0 atom stereocenters. The number of ether oxygens (including phenoxy) is 2. The van der Waals surface area contributed by atoms with E-state index < -0.39 is 10.6 Å². The van der Waals surface area contributed by atoms with Gasteiger partial charge in [-0.05, 0) is 36.4 Å². The molecule has 0 aliphatic carbocycles. The standard InChI is InChI=1S/C19H11BrN4O4/c20-13-6-8-14(9-7-13)27-18-17(24(25)26)19(23-11-22-18)28-15-5-1-3-12-4-2-10-21-16(12)15/h1-11H. The third-order valence-electron chi connectivity index (χ3n) is 3.77. The van der Waals surface area contributed by atoms with Crippen LogP contribution in [0.15, 0.2) is 71.6 Å². The first kappa shape index (κ1) is 17.8. The molecule has 9 heteroatoms. The number of nitrogens with zero attached hydrogens (tertiary/aromatic N) is 4. The fourth-order valence-electron chi connectivity index (χ4n) is 2.53. The van der Waals surface area contributed by atoms with E-state index in [0.29, 0.717) is 17.0 Å². The summed E-state index contributed by atoms with van der Waals surface area (Å²) >= 11 is 3.32. The zero-order valence-corrected chi connectivity index (χ0v) is 15.7. The Bertz CT molecular complexity index is 1160. The zero-order chi connectivity index (χ0) is 19.5.